The van der Waals surface area contributed by atoms with Crippen molar-refractivity contribution in [2.75, 3.05) is 13.2 Å². The minimum atomic E-state index is 0.137. The lowest BCUT2D eigenvalue weighted by molar-refractivity contribution is 0.207. The summed E-state index contributed by atoms with van der Waals surface area (Å²) in [6, 6.07) is 0. The molecule has 4 nitrogen and oxygen atoms in total. The number of aromatic nitrogens is 2. The van der Waals surface area contributed by atoms with Crippen LogP contribution in [0.4, 0.5) is 0 Å². The Labute approximate surface area is 107 Å². The molecule has 2 rings (SSSR count). The fourth-order valence-electron chi connectivity index (χ4n) is 2.05. The average Bonchev–Trinajstić information content (AvgIpc) is 3.06. The van der Waals surface area contributed by atoms with Gasteiger partial charge in [-0.25, -0.2) is 0 Å². The standard InChI is InChI=1S/C12H20ClN3O/c1-3-16-10(11(13)9(2)15-16)6-14-7-12(8-17)4-5-12/h14,17H,3-8H2,1-2H3. The van der Waals surface area contributed by atoms with Crippen molar-refractivity contribution in [1.82, 2.24) is 15.1 Å². The zero-order chi connectivity index (χ0) is 12.5. The third-order valence-electron chi connectivity index (χ3n) is 3.54. The SMILES string of the molecule is CCn1nc(C)c(Cl)c1CNCC1(CO)CC1. The summed E-state index contributed by atoms with van der Waals surface area (Å²) < 4.78 is 1.93. The van der Waals surface area contributed by atoms with E-state index in [1.807, 2.05) is 11.6 Å². The van der Waals surface area contributed by atoms with Gasteiger partial charge in [0.25, 0.3) is 0 Å². The van der Waals surface area contributed by atoms with Crippen molar-refractivity contribution >= 4 is 11.6 Å². The van der Waals surface area contributed by atoms with Crippen molar-refractivity contribution in [3.63, 3.8) is 0 Å². The summed E-state index contributed by atoms with van der Waals surface area (Å²) >= 11 is 6.22. The molecule has 0 aromatic carbocycles. The molecule has 1 fully saturated rings. The molecule has 5 heteroatoms. The van der Waals surface area contributed by atoms with Gasteiger partial charge in [0.1, 0.15) is 0 Å². The summed E-state index contributed by atoms with van der Waals surface area (Å²) in [5.41, 5.74) is 2.06. The van der Waals surface area contributed by atoms with E-state index in [-0.39, 0.29) is 12.0 Å². The van der Waals surface area contributed by atoms with Crippen molar-refractivity contribution in [3.8, 4) is 0 Å². The fourth-order valence-corrected chi connectivity index (χ4v) is 2.25. The van der Waals surface area contributed by atoms with E-state index in [0.29, 0.717) is 0 Å². The Morgan fingerprint density at radius 1 is 1.53 bits per heavy atom. The molecular weight excluding hydrogens is 238 g/mol. The van der Waals surface area contributed by atoms with E-state index in [9.17, 15) is 5.11 Å². The van der Waals surface area contributed by atoms with E-state index >= 15 is 0 Å². The molecule has 1 aromatic rings. The minimum Gasteiger partial charge on any atom is -0.396 e. The van der Waals surface area contributed by atoms with Gasteiger partial charge in [0.15, 0.2) is 0 Å². The van der Waals surface area contributed by atoms with Crippen LogP contribution in [0.25, 0.3) is 0 Å². The summed E-state index contributed by atoms with van der Waals surface area (Å²) in [6.45, 7) is 6.66. The highest BCUT2D eigenvalue weighted by Gasteiger charge is 2.41. The van der Waals surface area contributed by atoms with Crippen LogP contribution in [0.1, 0.15) is 31.2 Å². The first-order valence-corrected chi connectivity index (χ1v) is 6.53. The molecule has 1 aromatic heterocycles. The van der Waals surface area contributed by atoms with Crippen LogP contribution in [0.2, 0.25) is 5.02 Å². The van der Waals surface area contributed by atoms with Crippen LogP contribution in [-0.2, 0) is 13.1 Å². The number of rotatable bonds is 6. The zero-order valence-electron chi connectivity index (χ0n) is 10.5. The van der Waals surface area contributed by atoms with E-state index in [0.717, 1.165) is 48.9 Å². The first kappa shape index (κ1) is 12.9. The number of aliphatic hydroxyl groups excluding tert-OH is 1. The van der Waals surface area contributed by atoms with Crippen molar-refractivity contribution in [2.24, 2.45) is 5.41 Å². The molecule has 2 N–H and O–H groups in total. The van der Waals surface area contributed by atoms with Gasteiger partial charge in [-0.3, -0.25) is 4.68 Å². The van der Waals surface area contributed by atoms with Gasteiger partial charge in [0.05, 0.1) is 16.4 Å². The van der Waals surface area contributed by atoms with Crippen molar-refractivity contribution in [3.05, 3.63) is 16.4 Å². The van der Waals surface area contributed by atoms with Gasteiger partial charge in [0, 0.05) is 31.7 Å². The van der Waals surface area contributed by atoms with Crippen molar-refractivity contribution < 1.29 is 5.11 Å². The molecular formula is C12H20ClN3O. The number of nitrogens with one attached hydrogen (secondary N) is 1. The van der Waals surface area contributed by atoms with Gasteiger partial charge in [-0.05, 0) is 26.7 Å². The first-order chi connectivity index (χ1) is 8.12. The highest BCUT2D eigenvalue weighted by molar-refractivity contribution is 6.31. The fraction of sp³-hybridized carbons (Fsp3) is 0.750. The van der Waals surface area contributed by atoms with Gasteiger partial charge in [0.2, 0.25) is 0 Å². The Balaban J connectivity index is 1.94. The predicted molar refractivity (Wildman–Crippen MR) is 68.1 cm³/mol. The molecule has 1 saturated carbocycles. The third-order valence-corrected chi connectivity index (χ3v) is 4.03. The second-order valence-corrected chi connectivity index (χ2v) is 5.30. The lowest BCUT2D eigenvalue weighted by Gasteiger charge is -2.13. The molecule has 0 spiro atoms. The smallest absolute Gasteiger partial charge is 0.0860 e. The van der Waals surface area contributed by atoms with E-state index in [1.165, 1.54) is 0 Å². The summed E-state index contributed by atoms with van der Waals surface area (Å²) in [7, 11) is 0. The molecule has 0 radical (unpaired) electrons. The molecule has 0 saturated heterocycles. The summed E-state index contributed by atoms with van der Waals surface area (Å²) in [5.74, 6) is 0. The van der Waals surface area contributed by atoms with Crippen LogP contribution in [0.3, 0.4) is 0 Å². The Morgan fingerprint density at radius 3 is 2.76 bits per heavy atom. The second kappa shape index (κ2) is 4.96. The molecule has 0 unspecified atom stereocenters. The van der Waals surface area contributed by atoms with E-state index in [1.54, 1.807) is 0 Å². The maximum atomic E-state index is 9.23. The minimum absolute atomic E-state index is 0.137. The number of halogens is 1. The molecule has 0 bridgehead atoms. The largest absolute Gasteiger partial charge is 0.396 e. The van der Waals surface area contributed by atoms with Crippen LogP contribution in [0, 0.1) is 12.3 Å². The number of nitrogens with zero attached hydrogens (tertiary/aromatic N) is 2. The highest BCUT2D eigenvalue weighted by atomic mass is 35.5. The Morgan fingerprint density at radius 2 is 2.24 bits per heavy atom. The van der Waals surface area contributed by atoms with Gasteiger partial charge in [-0.15, -0.1) is 0 Å². The van der Waals surface area contributed by atoms with Gasteiger partial charge < -0.3 is 10.4 Å². The van der Waals surface area contributed by atoms with E-state index in [4.69, 9.17) is 11.6 Å². The van der Waals surface area contributed by atoms with Crippen LogP contribution in [0.5, 0.6) is 0 Å². The number of hydrogen-bond donors (Lipinski definition) is 2. The summed E-state index contributed by atoms with van der Waals surface area (Å²) in [5, 5.41) is 17.7. The molecule has 96 valence electrons. The van der Waals surface area contributed by atoms with Crippen molar-refractivity contribution in [2.45, 2.75) is 39.8 Å². The number of hydrogen-bond acceptors (Lipinski definition) is 3. The topological polar surface area (TPSA) is 50.1 Å². The predicted octanol–water partition coefficient (Wildman–Crippen LogP) is 1.73. The maximum Gasteiger partial charge on any atom is 0.0860 e. The van der Waals surface area contributed by atoms with E-state index in [2.05, 4.69) is 17.3 Å². The second-order valence-electron chi connectivity index (χ2n) is 4.92. The molecule has 0 atom stereocenters. The van der Waals surface area contributed by atoms with Gasteiger partial charge in [-0.2, -0.15) is 5.10 Å². The van der Waals surface area contributed by atoms with Crippen molar-refractivity contribution in [1.29, 1.82) is 0 Å². The first-order valence-electron chi connectivity index (χ1n) is 6.15. The third kappa shape index (κ3) is 2.64. The monoisotopic (exact) mass is 257 g/mol. The lowest BCUT2D eigenvalue weighted by atomic mass is 10.1. The van der Waals surface area contributed by atoms with Crippen LogP contribution < -0.4 is 5.32 Å². The van der Waals surface area contributed by atoms with Crippen LogP contribution in [-0.4, -0.2) is 28.0 Å². The molecule has 1 aliphatic rings. The lowest BCUT2D eigenvalue weighted by Crippen LogP contribution is -2.27. The number of aryl methyl sites for hydroxylation is 2. The van der Waals surface area contributed by atoms with Gasteiger partial charge in [-0.1, -0.05) is 11.6 Å². The average molecular weight is 258 g/mol. The Kier molecular flexibility index (Phi) is 3.76. The quantitative estimate of drug-likeness (QED) is 0.816. The Bertz CT molecular complexity index is 399. The maximum absolute atomic E-state index is 9.23. The van der Waals surface area contributed by atoms with Crippen LogP contribution >= 0.6 is 11.6 Å². The molecule has 0 aliphatic heterocycles. The summed E-state index contributed by atoms with van der Waals surface area (Å²) in [6.07, 6.45) is 2.24. The molecule has 17 heavy (non-hydrogen) atoms. The normalized spacial score (nSPS) is 17.4. The number of aliphatic hydroxyl groups is 1. The van der Waals surface area contributed by atoms with Gasteiger partial charge >= 0.3 is 0 Å². The summed E-state index contributed by atoms with van der Waals surface area (Å²) in [4.78, 5) is 0. The zero-order valence-corrected chi connectivity index (χ0v) is 11.2. The molecule has 1 aliphatic carbocycles. The molecule has 0 amide bonds. The Hall–Kier alpha value is -0.580. The van der Waals surface area contributed by atoms with Crippen LogP contribution in [0.15, 0.2) is 0 Å². The molecule has 1 heterocycles. The highest BCUT2D eigenvalue weighted by Crippen LogP contribution is 2.44. The van der Waals surface area contributed by atoms with E-state index < -0.39 is 0 Å².